The molecule has 0 saturated heterocycles. The highest BCUT2D eigenvalue weighted by atomic mass is 35.5. The Hall–Kier alpha value is -1.50. The molecule has 7 heteroatoms. The monoisotopic (exact) mass is 352 g/mol. The summed E-state index contributed by atoms with van der Waals surface area (Å²) in [5.41, 5.74) is 0.951. The number of hydrogen-bond donors (Lipinski definition) is 0. The zero-order valence-corrected chi connectivity index (χ0v) is 14.4. The van der Waals surface area contributed by atoms with Crippen LogP contribution in [-0.2, 0) is 12.8 Å². The Morgan fingerprint density at radius 1 is 1.41 bits per heavy atom. The molecule has 0 unspecified atom stereocenters. The van der Waals surface area contributed by atoms with E-state index < -0.39 is 0 Å². The summed E-state index contributed by atoms with van der Waals surface area (Å²) in [6.45, 7) is 0. The van der Waals surface area contributed by atoms with Gasteiger partial charge in [-0.15, -0.1) is 11.3 Å². The van der Waals surface area contributed by atoms with Gasteiger partial charge in [0.15, 0.2) is 5.16 Å². The van der Waals surface area contributed by atoms with Gasteiger partial charge in [-0.1, -0.05) is 23.4 Å². The molecule has 0 aliphatic carbocycles. The number of methoxy groups -OCH3 is 1. The van der Waals surface area contributed by atoms with Gasteiger partial charge in [0.2, 0.25) is 0 Å². The molecular formula is C15H13ClN2O2S2. The van der Waals surface area contributed by atoms with Crippen LogP contribution >= 0.6 is 34.7 Å². The van der Waals surface area contributed by atoms with Crippen molar-refractivity contribution in [2.24, 2.45) is 7.05 Å². The third-order valence-electron chi connectivity index (χ3n) is 3.26. The summed E-state index contributed by atoms with van der Waals surface area (Å²) in [6, 6.07) is 7.31. The number of rotatable bonds is 4. The standard InChI is InChI=1S/C15H13ClN2O2S2/c1-18-14(19)11-5-6-21-13(11)17-15(18)22-8-9-7-10(16)3-4-12(9)20-2/h3-7H,8H2,1-2H3. The van der Waals surface area contributed by atoms with Gasteiger partial charge in [0, 0.05) is 23.4 Å². The molecule has 2 aromatic heterocycles. The Morgan fingerprint density at radius 3 is 3.00 bits per heavy atom. The van der Waals surface area contributed by atoms with E-state index in [9.17, 15) is 4.79 Å². The lowest BCUT2D eigenvalue weighted by Crippen LogP contribution is -2.19. The summed E-state index contributed by atoms with van der Waals surface area (Å²) < 4.78 is 6.92. The van der Waals surface area contributed by atoms with Gasteiger partial charge in [-0.2, -0.15) is 0 Å². The fraction of sp³-hybridized carbons (Fsp3) is 0.200. The fourth-order valence-corrected chi connectivity index (χ4v) is 4.06. The Kier molecular flexibility index (Phi) is 4.42. The van der Waals surface area contributed by atoms with Crippen LogP contribution in [0.15, 0.2) is 39.6 Å². The van der Waals surface area contributed by atoms with Crippen LogP contribution in [-0.4, -0.2) is 16.7 Å². The average molecular weight is 353 g/mol. The lowest BCUT2D eigenvalue weighted by atomic mass is 10.2. The predicted octanol–water partition coefficient (Wildman–Crippen LogP) is 3.95. The molecule has 0 radical (unpaired) electrons. The highest BCUT2D eigenvalue weighted by molar-refractivity contribution is 7.98. The van der Waals surface area contributed by atoms with E-state index in [2.05, 4.69) is 4.98 Å². The van der Waals surface area contributed by atoms with Gasteiger partial charge in [0.1, 0.15) is 10.6 Å². The molecule has 3 aromatic rings. The summed E-state index contributed by atoms with van der Waals surface area (Å²) in [4.78, 5) is 17.6. The minimum Gasteiger partial charge on any atom is -0.496 e. The van der Waals surface area contributed by atoms with Gasteiger partial charge in [-0.25, -0.2) is 4.98 Å². The maximum absolute atomic E-state index is 12.3. The van der Waals surface area contributed by atoms with Crippen LogP contribution in [0.3, 0.4) is 0 Å². The summed E-state index contributed by atoms with van der Waals surface area (Å²) >= 11 is 9.00. The van der Waals surface area contributed by atoms with Gasteiger partial charge < -0.3 is 4.74 Å². The summed E-state index contributed by atoms with van der Waals surface area (Å²) in [7, 11) is 3.37. The van der Waals surface area contributed by atoms with Gasteiger partial charge in [-0.3, -0.25) is 9.36 Å². The van der Waals surface area contributed by atoms with E-state index in [1.807, 2.05) is 23.6 Å². The third-order valence-corrected chi connectivity index (χ3v) is 5.38. The van der Waals surface area contributed by atoms with Crippen LogP contribution in [0.1, 0.15) is 5.56 Å². The quantitative estimate of drug-likeness (QED) is 0.527. The maximum atomic E-state index is 12.3. The molecule has 0 saturated carbocycles. The molecule has 3 rings (SSSR count). The molecule has 22 heavy (non-hydrogen) atoms. The summed E-state index contributed by atoms with van der Waals surface area (Å²) in [5.74, 6) is 1.40. The number of fused-ring (bicyclic) bond motifs is 1. The molecule has 0 N–H and O–H groups in total. The third kappa shape index (κ3) is 2.86. The first kappa shape index (κ1) is 15.4. The first-order chi connectivity index (χ1) is 10.6. The van der Waals surface area contributed by atoms with Crippen molar-refractivity contribution in [1.29, 1.82) is 0 Å². The van der Waals surface area contributed by atoms with Crippen LogP contribution in [0.4, 0.5) is 0 Å². The Labute approximate surface area is 140 Å². The number of nitrogens with zero attached hydrogens (tertiary/aromatic N) is 2. The fourth-order valence-electron chi connectivity index (χ4n) is 2.11. The Bertz CT molecular complexity index is 889. The van der Waals surface area contributed by atoms with Crippen LogP contribution in [0, 0.1) is 0 Å². The predicted molar refractivity (Wildman–Crippen MR) is 92.4 cm³/mol. The Balaban J connectivity index is 1.93. The SMILES string of the molecule is COc1ccc(Cl)cc1CSc1nc2sccc2c(=O)n1C. The van der Waals surface area contributed by atoms with E-state index in [1.165, 1.54) is 23.1 Å². The van der Waals surface area contributed by atoms with Crippen LogP contribution in [0.25, 0.3) is 10.2 Å². The number of benzene rings is 1. The van der Waals surface area contributed by atoms with Gasteiger partial charge >= 0.3 is 0 Å². The Morgan fingerprint density at radius 2 is 2.23 bits per heavy atom. The maximum Gasteiger partial charge on any atom is 0.262 e. The summed E-state index contributed by atoms with van der Waals surface area (Å²) in [5, 5.41) is 3.89. The van der Waals surface area contributed by atoms with Gasteiger partial charge in [-0.05, 0) is 29.6 Å². The minimum atomic E-state index is -0.0215. The zero-order valence-electron chi connectivity index (χ0n) is 12.0. The lowest BCUT2D eigenvalue weighted by molar-refractivity contribution is 0.411. The highest BCUT2D eigenvalue weighted by Gasteiger charge is 2.11. The number of aromatic nitrogens is 2. The molecular weight excluding hydrogens is 340 g/mol. The van der Waals surface area contributed by atoms with Gasteiger partial charge in [0.05, 0.1) is 12.5 Å². The van der Waals surface area contributed by atoms with Crippen molar-refractivity contribution in [3.05, 3.63) is 50.6 Å². The van der Waals surface area contributed by atoms with Crippen molar-refractivity contribution in [3.63, 3.8) is 0 Å². The highest BCUT2D eigenvalue weighted by Crippen LogP contribution is 2.29. The second kappa shape index (κ2) is 6.32. The lowest BCUT2D eigenvalue weighted by Gasteiger charge is -2.10. The largest absolute Gasteiger partial charge is 0.496 e. The van der Waals surface area contributed by atoms with Crippen molar-refractivity contribution in [2.45, 2.75) is 10.9 Å². The molecule has 0 aliphatic rings. The molecule has 0 atom stereocenters. The molecule has 0 amide bonds. The van der Waals surface area contributed by atoms with Crippen molar-refractivity contribution in [2.75, 3.05) is 7.11 Å². The summed E-state index contributed by atoms with van der Waals surface area (Å²) in [6.07, 6.45) is 0. The molecule has 2 heterocycles. The van der Waals surface area contributed by atoms with E-state index in [-0.39, 0.29) is 5.56 Å². The normalized spacial score (nSPS) is 11.0. The van der Waals surface area contributed by atoms with Crippen molar-refractivity contribution >= 4 is 44.9 Å². The molecule has 0 aliphatic heterocycles. The van der Waals surface area contributed by atoms with E-state index in [1.54, 1.807) is 24.8 Å². The molecule has 1 aromatic carbocycles. The smallest absolute Gasteiger partial charge is 0.262 e. The first-order valence-electron chi connectivity index (χ1n) is 6.49. The molecule has 4 nitrogen and oxygen atoms in total. The molecule has 0 bridgehead atoms. The number of thioether (sulfide) groups is 1. The van der Waals surface area contributed by atoms with Crippen LogP contribution in [0.2, 0.25) is 5.02 Å². The minimum absolute atomic E-state index is 0.0215. The van der Waals surface area contributed by atoms with E-state index >= 15 is 0 Å². The van der Waals surface area contributed by atoms with Crippen molar-refractivity contribution in [1.82, 2.24) is 9.55 Å². The van der Waals surface area contributed by atoms with Crippen LogP contribution in [0.5, 0.6) is 5.75 Å². The van der Waals surface area contributed by atoms with E-state index in [4.69, 9.17) is 16.3 Å². The average Bonchev–Trinajstić information content (AvgIpc) is 2.98. The molecule has 0 spiro atoms. The van der Waals surface area contributed by atoms with E-state index in [0.29, 0.717) is 21.3 Å². The van der Waals surface area contributed by atoms with Crippen molar-refractivity contribution < 1.29 is 4.74 Å². The number of ether oxygens (including phenoxy) is 1. The van der Waals surface area contributed by atoms with Crippen molar-refractivity contribution in [3.8, 4) is 5.75 Å². The van der Waals surface area contributed by atoms with Crippen LogP contribution < -0.4 is 10.3 Å². The second-order valence-electron chi connectivity index (χ2n) is 4.64. The first-order valence-corrected chi connectivity index (χ1v) is 8.74. The number of hydrogen-bond acceptors (Lipinski definition) is 5. The topological polar surface area (TPSA) is 44.1 Å². The van der Waals surface area contributed by atoms with Gasteiger partial charge in [0.25, 0.3) is 5.56 Å². The second-order valence-corrected chi connectivity index (χ2v) is 6.92. The molecule has 114 valence electrons. The molecule has 0 fully saturated rings. The number of thiophene rings is 1. The van der Waals surface area contributed by atoms with E-state index in [0.717, 1.165) is 16.1 Å². The zero-order chi connectivity index (χ0) is 15.7. The number of halogens is 1.